The molecule has 9 heteroatoms. The number of aliphatic carboxylic acids is 1. The summed E-state index contributed by atoms with van der Waals surface area (Å²) in [6.45, 7) is 0.0602. The molecule has 16 heavy (non-hydrogen) atoms. The Kier molecular flexibility index (Phi) is 3.80. The Labute approximate surface area is 88.1 Å². The number of carboxylic acid groups (broad SMARTS) is 1. The van der Waals surface area contributed by atoms with Gasteiger partial charge in [-0.2, -0.15) is 13.2 Å². The summed E-state index contributed by atoms with van der Waals surface area (Å²) >= 11 is 0. The zero-order valence-corrected chi connectivity index (χ0v) is 8.11. The highest BCUT2D eigenvalue weighted by atomic mass is 19.4. The van der Waals surface area contributed by atoms with Gasteiger partial charge in [0.25, 0.3) is 0 Å². The van der Waals surface area contributed by atoms with Crippen molar-refractivity contribution in [1.82, 2.24) is 20.2 Å². The van der Waals surface area contributed by atoms with Crippen LogP contribution in [-0.2, 0) is 17.8 Å². The van der Waals surface area contributed by atoms with Crippen LogP contribution in [0.25, 0.3) is 0 Å². The summed E-state index contributed by atoms with van der Waals surface area (Å²) in [5.74, 6) is -1.32. The van der Waals surface area contributed by atoms with Crippen molar-refractivity contribution in [2.75, 3.05) is 0 Å². The number of hydrogen-bond acceptors (Lipinski definition) is 4. The van der Waals surface area contributed by atoms with Gasteiger partial charge in [0.15, 0.2) is 5.82 Å². The highest BCUT2D eigenvalue weighted by Gasteiger charge is 2.30. The molecule has 0 saturated heterocycles. The third-order valence-corrected chi connectivity index (χ3v) is 1.73. The van der Waals surface area contributed by atoms with Crippen LogP contribution in [0, 0.1) is 0 Å². The molecule has 1 aromatic rings. The second-order valence-corrected chi connectivity index (χ2v) is 3.11. The van der Waals surface area contributed by atoms with Gasteiger partial charge in [-0.15, -0.1) is 5.10 Å². The van der Waals surface area contributed by atoms with E-state index in [4.69, 9.17) is 5.11 Å². The van der Waals surface area contributed by atoms with Gasteiger partial charge in [0.1, 0.15) is 6.42 Å². The predicted molar refractivity (Wildman–Crippen MR) is 44.4 cm³/mol. The van der Waals surface area contributed by atoms with Gasteiger partial charge in [-0.25, -0.2) is 4.68 Å². The first kappa shape index (κ1) is 12.4. The Morgan fingerprint density at radius 1 is 1.44 bits per heavy atom. The fourth-order valence-electron chi connectivity index (χ4n) is 1.08. The lowest BCUT2D eigenvalue weighted by Gasteiger charge is -2.06. The number of carboxylic acids is 1. The highest BCUT2D eigenvalue weighted by Crippen LogP contribution is 2.19. The van der Waals surface area contributed by atoms with Crippen LogP contribution in [0.2, 0.25) is 0 Å². The quantitative estimate of drug-likeness (QED) is 0.814. The van der Waals surface area contributed by atoms with Crippen LogP contribution in [0.3, 0.4) is 0 Å². The van der Waals surface area contributed by atoms with Crippen LogP contribution < -0.4 is 0 Å². The molecule has 6 nitrogen and oxygen atoms in total. The third kappa shape index (κ3) is 4.24. The molecule has 0 unspecified atom stereocenters. The van der Waals surface area contributed by atoms with E-state index in [1.54, 1.807) is 0 Å². The minimum Gasteiger partial charge on any atom is -0.481 e. The van der Waals surface area contributed by atoms with Crippen molar-refractivity contribution in [2.45, 2.75) is 32.0 Å². The standard InChI is InChI=1S/C7H9F3N4O2/c8-7(9,10)4-5-11-12-13-14(5)3-1-2-6(15)16/h1-4H2,(H,15,16). The predicted octanol–water partition coefficient (Wildman–Crippen LogP) is 0.643. The van der Waals surface area contributed by atoms with Crippen molar-refractivity contribution in [3.8, 4) is 0 Å². The fourth-order valence-corrected chi connectivity index (χ4v) is 1.08. The van der Waals surface area contributed by atoms with Crippen molar-refractivity contribution in [2.24, 2.45) is 0 Å². The van der Waals surface area contributed by atoms with E-state index in [2.05, 4.69) is 15.5 Å². The first-order valence-electron chi connectivity index (χ1n) is 4.42. The number of rotatable bonds is 5. The zero-order valence-electron chi connectivity index (χ0n) is 8.11. The van der Waals surface area contributed by atoms with Gasteiger partial charge in [-0.05, 0) is 16.8 Å². The summed E-state index contributed by atoms with van der Waals surface area (Å²) < 4.78 is 37.1. The zero-order chi connectivity index (χ0) is 12.2. The molecule has 0 aliphatic carbocycles. The van der Waals surface area contributed by atoms with Crippen molar-refractivity contribution >= 4 is 5.97 Å². The lowest BCUT2D eigenvalue weighted by molar-refractivity contribution is -0.137. The van der Waals surface area contributed by atoms with Crippen LogP contribution in [-0.4, -0.2) is 37.5 Å². The van der Waals surface area contributed by atoms with E-state index in [0.717, 1.165) is 4.68 Å². The smallest absolute Gasteiger partial charge is 0.396 e. The normalized spacial score (nSPS) is 11.7. The summed E-state index contributed by atoms with van der Waals surface area (Å²) in [5, 5.41) is 18.1. The topological polar surface area (TPSA) is 80.9 Å². The number of nitrogens with zero attached hydrogens (tertiary/aromatic N) is 4. The molecule has 90 valence electrons. The Bertz CT molecular complexity index is 363. The summed E-state index contributed by atoms with van der Waals surface area (Å²) in [4.78, 5) is 10.2. The molecule has 1 rings (SSSR count). The largest absolute Gasteiger partial charge is 0.481 e. The van der Waals surface area contributed by atoms with Gasteiger partial charge in [0.05, 0.1) is 0 Å². The maximum absolute atomic E-state index is 12.0. The van der Waals surface area contributed by atoms with Crippen molar-refractivity contribution < 1.29 is 23.1 Å². The Balaban J connectivity index is 2.54. The Hall–Kier alpha value is -1.67. The Morgan fingerprint density at radius 2 is 2.12 bits per heavy atom. The second kappa shape index (κ2) is 4.90. The summed E-state index contributed by atoms with van der Waals surface area (Å²) in [5.41, 5.74) is 0. The van der Waals surface area contributed by atoms with E-state index in [9.17, 15) is 18.0 Å². The first-order chi connectivity index (χ1) is 7.38. The van der Waals surface area contributed by atoms with Gasteiger partial charge in [0.2, 0.25) is 0 Å². The van der Waals surface area contributed by atoms with Crippen molar-refractivity contribution in [3.05, 3.63) is 5.82 Å². The monoisotopic (exact) mass is 238 g/mol. The molecule has 0 spiro atoms. The molecular formula is C7H9F3N4O2. The number of aromatic nitrogens is 4. The summed E-state index contributed by atoms with van der Waals surface area (Å²) in [6.07, 6.45) is -5.54. The fraction of sp³-hybridized carbons (Fsp3) is 0.714. The van der Waals surface area contributed by atoms with Crippen molar-refractivity contribution in [3.63, 3.8) is 0 Å². The van der Waals surface area contributed by atoms with Crippen LogP contribution in [0.5, 0.6) is 0 Å². The molecular weight excluding hydrogens is 229 g/mol. The molecule has 1 aromatic heterocycles. The number of alkyl halides is 3. The van der Waals surface area contributed by atoms with E-state index in [-0.39, 0.29) is 25.2 Å². The van der Waals surface area contributed by atoms with E-state index in [1.165, 1.54) is 0 Å². The summed E-state index contributed by atoms with van der Waals surface area (Å²) in [6, 6.07) is 0. The van der Waals surface area contributed by atoms with Gasteiger partial charge in [-0.3, -0.25) is 4.79 Å². The van der Waals surface area contributed by atoms with Crippen LogP contribution in [0.15, 0.2) is 0 Å². The molecule has 0 radical (unpaired) electrons. The third-order valence-electron chi connectivity index (χ3n) is 1.73. The average molecular weight is 238 g/mol. The minimum absolute atomic E-state index is 0.0602. The first-order valence-corrected chi connectivity index (χ1v) is 4.42. The molecule has 0 atom stereocenters. The van der Waals surface area contributed by atoms with E-state index >= 15 is 0 Å². The molecule has 0 saturated carbocycles. The molecule has 0 bridgehead atoms. The van der Waals surface area contributed by atoms with Gasteiger partial charge < -0.3 is 5.11 Å². The van der Waals surface area contributed by atoms with Crippen molar-refractivity contribution in [1.29, 1.82) is 0 Å². The molecule has 1 heterocycles. The van der Waals surface area contributed by atoms with Crippen LogP contribution in [0.1, 0.15) is 18.7 Å². The van der Waals surface area contributed by atoms with E-state index in [1.807, 2.05) is 0 Å². The Morgan fingerprint density at radius 3 is 2.69 bits per heavy atom. The number of halogens is 3. The maximum atomic E-state index is 12.0. The molecule has 0 aromatic carbocycles. The lowest BCUT2D eigenvalue weighted by atomic mass is 10.3. The second-order valence-electron chi connectivity index (χ2n) is 3.11. The summed E-state index contributed by atoms with van der Waals surface area (Å²) in [7, 11) is 0. The number of tetrazole rings is 1. The minimum atomic E-state index is -4.38. The average Bonchev–Trinajstić information content (AvgIpc) is 2.49. The van der Waals surface area contributed by atoms with Gasteiger partial charge in [-0.1, -0.05) is 0 Å². The van der Waals surface area contributed by atoms with E-state index < -0.39 is 18.6 Å². The SMILES string of the molecule is O=C(O)CCCn1nnnc1CC(F)(F)F. The van der Waals surface area contributed by atoms with E-state index in [0.29, 0.717) is 0 Å². The molecule has 0 aliphatic heterocycles. The van der Waals surface area contributed by atoms with Crippen LogP contribution in [0.4, 0.5) is 13.2 Å². The van der Waals surface area contributed by atoms with Gasteiger partial charge >= 0.3 is 12.1 Å². The molecule has 0 fully saturated rings. The number of carbonyl (C=O) groups is 1. The highest BCUT2D eigenvalue weighted by molar-refractivity contribution is 5.66. The lowest BCUT2D eigenvalue weighted by Crippen LogP contribution is -2.17. The van der Waals surface area contributed by atoms with Gasteiger partial charge in [0, 0.05) is 13.0 Å². The number of aryl methyl sites for hydroxylation is 1. The maximum Gasteiger partial charge on any atom is 0.396 e. The molecule has 0 aliphatic rings. The molecule has 1 N–H and O–H groups in total. The number of hydrogen-bond donors (Lipinski definition) is 1. The van der Waals surface area contributed by atoms with Crippen LogP contribution >= 0.6 is 0 Å². The molecule has 0 amide bonds.